The molecule has 1 saturated heterocycles. The quantitative estimate of drug-likeness (QED) is 0.860. The van der Waals surface area contributed by atoms with E-state index >= 15 is 0 Å². The van der Waals surface area contributed by atoms with Gasteiger partial charge in [0.15, 0.2) is 0 Å². The fourth-order valence-corrected chi connectivity index (χ4v) is 4.10. The van der Waals surface area contributed by atoms with Gasteiger partial charge in [-0.2, -0.15) is 16.9 Å². The van der Waals surface area contributed by atoms with E-state index in [1.165, 1.54) is 18.1 Å². The normalized spacial score (nSPS) is 22.4. The molecule has 0 aromatic carbocycles. The van der Waals surface area contributed by atoms with Crippen LogP contribution in [0.2, 0.25) is 0 Å². The molecule has 1 aliphatic heterocycles. The number of rotatable bonds is 6. The third-order valence-corrected chi connectivity index (χ3v) is 4.96. The molecule has 0 aliphatic carbocycles. The van der Waals surface area contributed by atoms with Crippen molar-refractivity contribution in [3.05, 3.63) is 12.2 Å². The SMILES string of the molecule is CCNC(Cc1ncnn1C(C)C)C1CSCCN1C. The summed E-state index contributed by atoms with van der Waals surface area (Å²) in [6.45, 7) is 8.66. The number of aromatic nitrogens is 3. The van der Waals surface area contributed by atoms with Crippen molar-refractivity contribution in [1.82, 2.24) is 25.0 Å². The highest BCUT2D eigenvalue weighted by molar-refractivity contribution is 7.99. The Hall–Kier alpha value is -0.590. The van der Waals surface area contributed by atoms with Gasteiger partial charge in [-0.3, -0.25) is 0 Å². The Labute approximate surface area is 126 Å². The van der Waals surface area contributed by atoms with Gasteiger partial charge >= 0.3 is 0 Å². The van der Waals surface area contributed by atoms with Crippen molar-refractivity contribution >= 4 is 11.8 Å². The van der Waals surface area contributed by atoms with Crippen LogP contribution >= 0.6 is 11.8 Å². The van der Waals surface area contributed by atoms with Gasteiger partial charge in [0.25, 0.3) is 0 Å². The first-order valence-corrected chi connectivity index (χ1v) is 8.68. The predicted octanol–water partition coefficient (Wildman–Crippen LogP) is 1.43. The van der Waals surface area contributed by atoms with Crippen LogP contribution in [0.25, 0.3) is 0 Å². The summed E-state index contributed by atoms with van der Waals surface area (Å²) in [4.78, 5) is 6.95. The summed E-state index contributed by atoms with van der Waals surface area (Å²) in [5, 5.41) is 8.00. The van der Waals surface area contributed by atoms with Crippen molar-refractivity contribution in [2.45, 2.75) is 45.3 Å². The first kappa shape index (κ1) is 15.8. The number of hydrogen-bond acceptors (Lipinski definition) is 5. The molecular formula is C14H27N5S. The second-order valence-electron chi connectivity index (χ2n) is 5.71. The van der Waals surface area contributed by atoms with E-state index in [0.29, 0.717) is 18.1 Å². The highest BCUT2D eigenvalue weighted by Gasteiger charge is 2.29. The van der Waals surface area contributed by atoms with Crippen LogP contribution in [0, 0.1) is 0 Å². The molecule has 1 aliphatic rings. The summed E-state index contributed by atoms with van der Waals surface area (Å²) < 4.78 is 2.04. The molecule has 0 radical (unpaired) electrons. The Morgan fingerprint density at radius 1 is 1.50 bits per heavy atom. The smallest absolute Gasteiger partial charge is 0.138 e. The minimum absolute atomic E-state index is 0.369. The molecule has 20 heavy (non-hydrogen) atoms. The Bertz CT molecular complexity index is 406. The van der Waals surface area contributed by atoms with E-state index < -0.39 is 0 Å². The Balaban J connectivity index is 2.10. The average Bonchev–Trinajstić information content (AvgIpc) is 2.87. The lowest BCUT2D eigenvalue weighted by molar-refractivity contribution is 0.212. The van der Waals surface area contributed by atoms with Crippen molar-refractivity contribution in [2.24, 2.45) is 0 Å². The first-order valence-electron chi connectivity index (χ1n) is 7.53. The topological polar surface area (TPSA) is 46.0 Å². The fourth-order valence-electron chi connectivity index (χ4n) is 2.78. The molecule has 0 saturated carbocycles. The highest BCUT2D eigenvalue weighted by Crippen LogP contribution is 2.20. The van der Waals surface area contributed by atoms with Gasteiger partial charge in [0, 0.05) is 42.6 Å². The average molecular weight is 297 g/mol. The van der Waals surface area contributed by atoms with Gasteiger partial charge < -0.3 is 10.2 Å². The Morgan fingerprint density at radius 3 is 2.95 bits per heavy atom. The van der Waals surface area contributed by atoms with Gasteiger partial charge in [0.2, 0.25) is 0 Å². The molecule has 1 fully saturated rings. The number of likely N-dealkylation sites (N-methyl/N-ethyl adjacent to an activating group) is 2. The monoisotopic (exact) mass is 297 g/mol. The van der Waals surface area contributed by atoms with E-state index in [-0.39, 0.29) is 0 Å². The summed E-state index contributed by atoms with van der Waals surface area (Å²) in [5.74, 6) is 3.53. The molecule has 6 heteroatoms. The number of nitrogens with one attached hydrogen (secondary N) is 1. The van der Waals surface area contributed by atoms with E-state index in [9.17, 15) is 0 Å². The molecule has 0 bridgehead atoms. The van der Waals surface area contributed by atoms with Crippen molar-refractivity contribution < 1.29 is 0 Å². The standard InChI is InChI=1S/C14H27N5S/c1-5-15-12(13-9-20-7-6-18(13)4)8-14-16-10-17-19(14)11(2)3/h10-13,15H,5-9H2,1-4H3. The second kappa shape index (κ2) is 7.43. The lowest BCUT2D eigenvalue weighted by Gasteiger charge is -2.38. The summed E-state index contributed by atoms with van der Waals surface area (Å²) in [6.07, 6.45) is 2.62. The number of hydrogen-bond donors (Lipinski definition) is 1. The molecular weight excluding hydrogens is 270 g/mol. The third-order valence-electron chi connectivity index (χ3n) is 3.91. The van der Waals surface area contributed by atoms with E-state index in [2.05, 4.69) is 59.9 Å². The molecule has 1 aromatic rings. The minimum Gasteiger partial charge on any atom is -0.312 e. The first-order chi connectivity index (χ1) is 9.63. The highest BCUT2D eigenvalue weighted by atomic mass is 32.2. The van der Waals surface area contributed by atoms with Crippen LogP contribution in [0.4, 0.5) is 0 Å². The van der Waals surface area contributed by atoms with E-state index in [0.717, 1.165) is 18.8 Å². The van der Waals surface area contributed by atoms with E-state index in [1.807, 2.05) is 4.68 Å². The zero-order chi connectivity index (χ0) is 14.5. The number of nitrogens with zero attached hydrogens (tertiary/aromatic N) is 4. The van der Waals surface area contributed by atoms with Gasteiger partial charge in [-0.1, -0.05) is 6.92 Å². The molecule has 0 spiro atoms. The van der Waals surface area contributed by atoms with Crippen LogP contribution < -0.4 is 5.32 Å². The predicted molar refractivity (Wildman–Crippen MR) is 85.3 cm³/mol. The molecule has 0 amide bonds. The van der Waals surface area contributed by atoms with Gasteiger partial charge in [-0.15, -0.1) is 0 Å². The van der Waals surface area contributed by atoms with Crippen LogP contribution in [0.3, 0.4) is 0 Å². The lowest BCUT2D eigenvalue weighted by atomic mass is 10.0. The van der Waals surface area contributed by atoms with Crippen molar-refractivity contribution in [3.8, 4) is 0 Å². The van der Waals surface area contributed by atoms with Gasteiger partial charge in [0.1, 0.15) is 12.2 Å². The summed E-state index contributed by atoms with van der Waals surface area (Å²) in [5.41, 5.74) is 0. The maximum atomic E-state index is 4.47. The van der Waals surface area contributed by atoms with Crippen LogP contribution in [0.5, 0.6) is 0 Å². The van der Waals surface area contributed by atoms with Crippen LogP contribution in [0.15, 0.2) is 6.33 Å². The summed E-state index contributed by atoms with van der Waals surface area (Å²) in [7, 11) is 2.24. The zero-order valence-electron chi connectivity index (χ0n) is 13.0. The van der Waals surface area contributed by atoms with Crippen LogP contribution in [-0.4, -0.2) is 63.4 Å². The fraction of sp³-hybridized carbons (Fsp3) is 0.857. The van der Waals surface area contributed by atoms with Gasteiger partial charge in [-0.25, -0.2) is 9.67 Å². The van der Waals surface area contributed by atoms with Gasteiger partial charge in [0.05, 0.1) is 0 Å². The second-order valence-corrected chi connectivity index (χ2v) is 6.86. The maximum Gasteiger partial charge on any atom is 0.138 e. The molecule has 5 nitrogen and oxygen atoms in total. The van der Waals surface area contributed by atoms with Crippen molar-refractivity contribution in [2.75, 3.05) is 31.6 Å². The summed E-state index contributed by atoms with van der Waals surface area (Å²) in [6, 6.07) is 1.39. The van der Waals surface area contributed by atoms with Crippen LogP contribution in [-0.2, 0) is 6.42 Å². The zero-order valence-corrected chi connectivity index (χ0v) is 13.9. The largest absolute Gasteiger partial charge is 0.312 e. The molecule has 2 atom stereocenters. The van der Waals surface area contributed by atoms with E-state index in [4.69, 9.17) is 0 Å². The lowest BCUT2D eigenvalue weighted by Crippen LogP contribution is -2.54. The molecule has 1 N–H and O–H groups in total. The van der Waals surface area contributed by atoms with Crippen LogP contribution in [0.1, 0.15) is 32.6 Å². The van der Waals surface area contributed by atoms with Crippen molar-refractivity contribution in [3.63, 3.8) is 0 Å². The summed E-state index contributed by atoms with van der Waals surface area (Å²) >= 11 is 2.06. The molecule has 114 valence electrons. The Kier molecular flexibility index (Phi) is 5.86. The Morgan fingerprint density at radius 2 is 2.30 bits per heavy atom. The third kappa shape index (κ3) is 3.74. The van der Waals surface area contributed by atoms with Crippen molar-refractivity contribution in [1.29, 1.82) is 0 Å². The molecule has 2 rings (SSSR count). The van der Waals surface area contributed by atoms with Gasteiger partial charge in [-0.05, 0) is 27.4 Å². The minimum atomic E-state index is 0.369. The number of thioether (sulfide) groups is 1. The maximum absolute atomic E-state index is 4.47. The molecule has 2 unspecified atom stereocenters. The molecule has 2 heterocycles. The van der Waals surface area contributed by atoms with E-state index in [1.54, 1.807) is 6.33 Å². The molecule has 1 aromatic heterocycles.